The molecule has 1 N–H and O–H groups in total. The predicted octanol–water partition coefficient (Wildman–Crippen LogP) is -3.18. The molecule has 0 saturated heterocycles. The van der Waals surface area contributed by atoms with E-state index in [2.05, 4.69) is 0 Å². The van der Waals surface area contributed by atoms with Crippen molar-refractivity contribution in [2.45, 2.75) is 0 Å². The molecule has 0 bridgehead atoms. The fraction of sp³-hybridized carbons (Fsp3) is 0. The maximum atomic E-state index is 0. The summed E-state index contributed by atoms with van der Waals surface area (Å²) in [5.74, 6) is 0. The minimum Gasteiger partial charge on any atom is -1.00 e. The number of rotatable bonds is 0. The molecule has 0 atom stereocenters. The molecule has 0 aliphatic rings. The Balaban J connectivity index is 0. The van der Waals surface area contributed by atoms with Crippen LogP contribution in [-0.4, -0.2) is 5.48 Å². The van der Waals surface area contributed by atoms with Gasteiger partial charge < -0.3 is 17.9 Å². The van der Waals surface area contributed by atoms with E-state index >= 15 is 0 Å². The summed E-state index contributed by atoms with van der Waals surface area (Å²) in [4.78, 5) is 0. The van der Waals surface area contributed by atoms with Crippen LogP contribution in [0.15, 0.2) is 0 Å². The molecule has 0 spiro atoms. The van der Waals surface area contributed by atoms with Crippen LogP contribution >= 0.6 is 0 Å². The molecular formula is HClCuOZn-2. The minimum atomic E-state index is 0. The molecule has 1 radical (unpaired) electrons. The van der Waals surface area contributed by atoms with E-state index in [1.165, 1.54) is 0 Å². The normalized spacial score (nSPS) is 0. The molecule has 1 nitrogen and oxygen atoms in total. The first-order chi connectivity index (χ1) is 0. The van der Waals surface area contributed by atoms with Crippen LogP contribution in [0.25, 0.3) is 0 Å². The summed E-state index contributed by atoms with van der Waals surface area (Å²) >= 11 is 0. The van der Waals surface area contributed by atoms with Crippen molar-refractivity contribution in [3.05, 3.63) is 0 Å². The van der Waals surface area contributed by atoms with Crippen LogP contribution in [0, 0.1) is 0 Å². The molecule has 0 saturated carbocycles. The van der Waals surface area contributed by atoms with Crippen LogP contribution < -0.4 is 12.4 Å². The van der Waals surface area contributed by atoms with E-state index < -0.39 is 0 Å². The summed E-state index contributed by atoms with van der Waals surface area (Å²) in [5.41, 5.74) is 0. The molecule has 0 aromatic rings. The second-order valence-corrected chi connectivity index (χ2v) is 0. The Morgan fingerprint density at radius 3 is 1.00 bits per heavy atom. The Hall–Kier alpha value is 1.39. The van der Waals surface area contributed by atoms with Gasteiger partial charge in [0.2, 0.25) is 0 Å². The van der Waals surface area contributed by atoms with Crippen molar-refractivity contribution in [1.29, 1.82) is 0 Å². The Morgan fingerprint density at radius 1 is 1.00 bits per heavy atom. The van der Waals surface area contributed by atoms with E-state index in [9.17, 15) is 0 Å². The summed E-state index contributed by atoms with van der Waals surface area (Å²) in [7, 11) is 0. The van der Waals surface area contributed by atoms with Gasteiger partial charge in [0.1, 0.15) is 0 Å². The average molecular weight is 181 g/mol. The van der Waals surface area contributed by atoms with Gasteiger partial charge in [-0.3, -0.25) is 0 Å². The first-order valence-electron chi connectivity index (χ1n) is 0. The van der Waals surface area contributed by atoms with Gasteiger partial charge >= 0.3 is 0 Å². The summed E-state index contributed by atoms with van der Waals surface area (Å²) in [5, 5.41) is 0. The van der Waals surface area contributed by atoms with Gasteiger partial charge in [-0.1, -0.05) is 0 Å². The first kappa shape index (κ1) is 53.6. The standard InChI is InChI=1S/ClH.Cu.H2O.Zn/h1H;;1H2;/p-2. The van der Waals surface area contributed by atoms with Crippen LogP contribution in [0.4, 0.5) is 0 Å². The van der Waals surface area contributed by atoms with Gasteiger partial charge in [0, 0.05) is 36.5 Å². The largest absolute Gasteiger partial charge is 1.00 e. The maximum absolute atomic E-state index is 0. The van der Waals surface area contributed by atoms with Crippen molar-refractivity contribution in [2.75, 3.05) is 0 Å². The van der Waals surface area contributed by atoms with E-state index in [4.69, 9.17) is 0 Å². The van der Waals surface area contributed by atoms with Gasteiger partial charge in [0.25, 0.3) is 0 Å². The van der Waals surface area contributed by atoms with Gasteiger partial charge in [0.15, 0.2) is 0 Å². The maximum Gasteiger partial charge on any atom is 0 e. The Labute approximate surface area is 54.5 Å². The van der Waals surface area contributed by atoms with Crippen LogP contribution in [0.3, 0.4) is 0 Å². The third-order valence-electron chi connectivity index (χ3n) is 0. The molecule has 29 valence electrons. The van der Waals surface area contributed by atoms with Gasteiger partial charge in [-0.15, -0.1) is 0 Å². The van der Waals surface area contributed by atoms with Crippen LogP contribution in [0.1, 0.15) is 0 Å². The van der Waals surface area contributed by atoms with Crippen LogP contribution in [-0.2, 0) is 36.5 Å². The molecule has 0 rings (SSSR count). The fourth-order valence-corrected chi connectivity index (χ4v) is 0. The monoisotopic (exact) mass is 179 g/mol. The van der Waals surface area contributed by atoms with E-state index in [0.29, 0.717) is 0 Å². The van der Waals surface area contributed by atoms with Gasteiger partial charge in [-0.25, -0.2) is 0 Å². The van der Waals surface area contributed by atoms with E-state index in [1.54, 1.807) is 0 Å². The minimum absolute atomic E-state index is 0. The molecule has 0 heterocycles. The molecule has 0 fully saturated rings. The van der Waals surface area contributed by atoms with Crippen molar-refractivity contribution < 1.29 is 54.4 Å². The van der Waals surface area contributed by atoms with Crippen LogP contribution in [0.5, 0.6) is 0 Å². The summed E-state index contributed by atoms with van der Waals surface area (Å²) in [6, 6.07) is 0. The third kappa shape index (κ3) is 10.0. The smallest absolute Gasteiger partial charge is 0 e. The number of halogens is 1. The van der Waals surface area contributed by atoms with Gasteiger partial charge in [-0.2, -0.15) is 0 Å². The van der Waals surface area contributed by atoms with E-state index in [-0.39, 0.29) is 54.4 Å². The van der Waals surface area contributed by atoms with E-state index in [0.717, 1.165) is 0 Å². The molecule has 0 aromatic carbocycles. The Morgan fingerprint density at radius 2 is 1.00 bits per heavy atom. The fourth-order valence-electron chi connectivity index (χ4n) is 0. The number of hydrogen-bond acceptors (Lipinski definition) is 1. The zero-order chi connectivity index (χ0) is 0. The summed E-state index contributed by atoms with van der Waals surface area (Å²) in [6.45, 7) is 0. The molecule has 0 aliphatic carbocycles. The molecule has 4 heteroatoms. The molecular weight excluding hydrogens is 180 g/mol. The zero-order valence-electron chi connectivity index (χ0n) is 1.83. The molecule has 0 aromatic heterocycles. The molecule has 0 aliphatic heterocycles. The first-order valence-corrected chi connectivity index (χ1v) is 0. The molecule has 0 amide bonds. The van der Waals surface area contributed by atoms with Gasteiger partial charge in [-0.05, 0) is 0 Å². The quantitative estimate of drug-likeness (QED) is 0.363. The van der Waals surface area contributed by atoms with Crippen LogP contribution in [0.2, 0.25) is 0 Å². The Kier molecular flexibility index (Phi) is 350. The summed E-state index contributed by atoms with van der Waals surface area (Å²) < 4.78 is 0. The predicted molar refractivity (Wildman–Crippen MR) is 1.94 cm³/mol. The third-order valence-corrected chi connectivity index (χ3v) is 0. The van der Waals surface area contributed by atoms with Crippen molar-refractivity contribution in [3.63, 3.8) is 0 Å². The van der Waals surface area contributed by atoms with Crippen molar-refractivity contribution in [2.24, 2.45) is 0 Å². The molecule has 0 unspecified atom stereocenters. The Bertz CT molecular complexity index is 8.00. The van der Waals surface area contributed by atoms with E-state index in [1.807, 2.05) is 0 Å². The zero-order valence-corrected chi connectivity index (χ0v) is 6.50. The average Bonchev–Trinajstić information content (AvgIpc) is 0. The van der Waals surface area contributed by atoms with Crippen molar-refractivity contribution in [1.82, 2.24) is 0 Å². The van der Waals surface area contributed by atoms with Crippen molar-refractivity contribution >= 4 is 0 Å². The molecule has 4 heavy (non-hydrogen) atoms. The summed E-state index contributed by atoms with van der Waals surface area (Å²) in [6.07, 6.45) is 0. The topological polar surface area (TPSA) is 30.0 Å². The second-order valence-electron chi connectivity index (χ2n) is 0. The van der Waals surface area contributed by atoms with Crippen molar-refractivity contribution in [3.8, 4) is 0 Å². The van der Waals surface area contributed by atoms with Gasteiger partial charge in [0.05, 0.1) is 0 Å². The number of hydrogen-bond donors (Lipinski definition) is 0. The SMILES string of the molecule is [Cl-].[Cu].[OH-].[Zn]. The second kappa shape index (κ2) is 26.1.